The number of hydrogen-bond acceptors (Lipinski definition) is 3. The number of oxazole rings is 1. The van der Waals surface area contributed by atoms with Gasteiger partial charge in [-0.3, -0.25) is 0 Å². The summed E-state index contributed by atoms with van der Waals surface area (Å²) in [6, 6.07) is 0.635. The van der Waals surface area contributed by atoms with Crippen molar-refractivity contribution in [1.82, 2.24) is 4.98 Å². The third-order valence-corrected chi connectivity index (χ3v) is 1.43. The Morgan fingerprint density at radius 2 is 2.45 bits per heavy atom. The maximum Gasteiger partial charge on any atom is 0.294 e. The van der Waals surface area contributed by atoms with Crippen molar-refractivity contribution in [3.63, 3.8) is 0 Å². The van der Waals surface area contributed by atoms with Crippen molar-refractivity contribution in [2.45, 2.75) is 26.7 Å². The quantitative estimate of drug-likeness (QED) is 0.675. The number of rotatable bonds is 4. The predicted octanol–water partition coefficient (Wildman–Crippen LogP) is 2.20. The number of nitrogens with zero attached hydrogens (tertiary/aromatic N) is 1. The first-order valence-electron chi connectivity index (χ1n) is 3.99. The Labute approximate surface area is 66.8 Å². The topological polar surface area (TPSA) is 38.1 Å². The van der Waals surface area contributed by atoms with Crippen molar-refractivity contribution in [2.75, 3.05) is 11.9 Å². The zero-order valence-electron chi connectivity index (χ0n) is 7.05. The van der Waals surface area contributed by atoms with Crippen LogP contribution in [0.1, 0.15) is 25.5 Å². The molecule has 1 rings (SSSR count). The van der Waals surface area contributed by atoms with E-state index in [4.69, 9.17) is 4.42 Å². The van der Waals surface area contributed by atoms with E-state index < -0.39 is 0 Å². The van der Waals surface area contributed by atoms with Crippen molar-refractivity contribution >= 4 is 6.01 Å². The summed E-state index contributed by atoms with van der Waals surface area (Å²) in [5, 5.41) is 3.09. The van der Waals surface area contributed by atoms with Gasteiger partial charge < -0.3 is 9.73 Å². The van der Waals surface area contributed by atoms with E-state index in [2.05, 4.69) is 17.2 Å². The summed E-state index contributed by atoms with van der Waals surface area (Å²) < 4.78 is 5.09. The second-order valence-electron chi connectivity index (χ2n) is 2.57. The Bertz CT molecular complexity index is 208. The van der Waals surface area contributed by atoms with Gasteiger partial charge in [-0.1, -0.05) is 13.3 Å². The maximum atomic E-state index is 5.09. The van der Waals surface area contributed by atoms with Gasteiger partial charge in [-0.15, -0.1) is 0 Å². The van der Waals surface area contributed by atoms with E-state index in [9.17, 15) is 0 Å². The van der Waals surface area contributed by atoms with Crippen LogP contribution < -0.4 is 5.32 Å². The summed E-state index contributed by atoms with van der Waals surface area (Å²) in [6.07, 6.45) is 3.99. The highest BCUT2D eigenvalue weighted by molar-refractivity contribution is 5.19. The molecule has 1 heterocycles. The molecule has 11 heavy (non-hydrogen) atoms. The van der Waals surface area contributed by atoms with Crippen LogP contribution in [-0.2, 0) is 0 Å². The first-order chi connectivity index (χ1) is 5.33. The average Bonchev–Trinajstić information content (AvgIpc) is 2.37. The van der Waals surface area contributed by atoms with Gasteiger partial charge in [-0.25, -0.2) is 0 Å². The smallest absolute Gasteiger partial charge is 0.294 e. The molecule has 0 aromatic carbocycles. The summed E-state index contributed by atoms with van der Waals surface area (Å²) >= 11 is 0. The van der Waals surface area contributed by atoms with Crippen molar-refractivity contribution in [3.05, 3.63) is 12.0 Å². The molecule has 0 bridgehead atoms. The standard InChI is InChI=1S/C8H14N2O/c1-3-4-5-9-8-10-7(2)6-11-8/h6H,3-5H2,1-2H3,(H,9,10). The Morgan fingerprint density at radius 1 is 1.64 bits per heavy atom. The first-order valence-corrected chi connectivity index (χ1v) is 3.99. The van der Waals surface area contributed by atoms with Gasteiger partial charge >= 0.3 is 0 Å². The minimum atomic E-state index is 0.635. The molecule has 0 unspecified atom stereocenters. The van der Waals surface area contributed by atoms with Crippen LogP contribution >= 0.6 is 0 Å². The van der Waals surface area contributed by atoms with E-state index in [-0.39, 0.29) is 0 Å². The van der Waals surface area contributed by atoms with E-state index in [1.165, 1.54) is 6.42 Å². The van der Waals surface area contributed by atoms with Crippen LogP contribution in [0.5, 0.6) is 0 Å². The molecular formula is C8H14N2O. The maximum absolute atomic E-state index is 5.09. The molecule has 0 aliphatic rings. The van der Waals surface area contributed by atoms with Gasteiger partial charge in [-0.2, -0.15) is 4.98 Å². The Hall–Kier alpha value is -0.990. The van der Waals surface area contributed by atoms with E-state index in [1.54, 1.807) is 6.26 Å². The Morgan fingerprint density at radius 3 is 3.00 bits per heavy atom. The van der Waals surface area contributed by atoms with Gasteiger partial charge in [0.15, 0.2) is 0 Å². The highest BCUT2D eigenvalue weighted by atomic mass is 16.4. The normalized spacial score (nSPS) is 10.0. The van der Waals surface area contributed by atoms with Crippen LogP contribution in [0.3, 0.4) is 0 Å². The van der Waals surface area contributed by atoms with Gasteiger partial charge in [0.1, 0.15) is 6.26 Å². The molecular weight excluding hydrogens is 140 g/mol. The molecule has 0 atom stereocenters. The van der Waals surface area contributed by atoms with E-state index >= 15 is 0 Å². The first kappa shape index (κ1) is 8.11. The molecule has 0 saturated carbocycles. The van der Waals surface area contributed by atoms with Gasteiger partial charge in [0, 0.05) is 6.54 Å². The summed E-state index contributed by atoms with van der Waals surface area (Å²) in [4.78, 5) is 4.10. The monoisotopic (exact) mass is 154 g/mol. The van der Waals surface area contributed by atoms with Crippen LogP contribution in [0.4, 0.5) is 6.01 Å². The highest BCUT2D eigenvalue weighted by Crippen LogP contribution is 2.05. The van der Waals surface area contributed by atoms with Crippen LogP contribution in [0, 0.1) is 6.92 Å². The second-order valence-corrected chi connectivity index (χ2v) is 2.57. The van der Waals surface area contributed by atoms with Gasteiger partial charge in [0.05, 0.1) is 5.69 Å². The molecule has 0 saturated heterocycles. The molecule has 0 amide bonds. The summed E-state index contributed by atoms with van der Waals surface area (Å²) in [7, 11) is 0. The number of anilines is 1. The molecule has 0 radical (unpaired) electrons. The molecule has 3 nitrogen and oxygen atoms in total. The van der Waals surface area contributed by atoms with Gasteiger partial charge in [0.25, 0.3) is 6.01 Å². The summed E-state index contributed by atoms with van der Waals surface area (Å²) in [5.74, 6) is 0. The SMILES string of the molecule is CCCCNc1nc(C)co1. The lowest BCUT2D eigenvalue weighted by molar-refractivity contribution is 0.568. The zero-order chi connectivity index (χ0) is 8.10. The molecule has 0 aliphatic heterocycles. The Balaban J connectivity index is 2.27. The van der Waals surface area contributed by atoms with Gasteiger partial charge in [0.2, 0.25) is 0 Å². The number of nitrogens with one attached hydrogen (secondary N) is 1. The fourth-order valence-electron chi connectivity index (χ4n) is 0.807. The molecule has 0 aliphatic carbocycles. The lowest BCUT2D eigenvalue weighted by atomic mass is 10.3. The number of unbranched alkanes of at least 4 members (excludes halogenated alkanes) is 1. The zero-order valence-corrected chi connectivity index (χ0v) is 7.05. The minimum absolute atomic E-state index is 0.635. The molecule has 62 valence electrons. The third-order valence-electron chi connectivity index (χ3n) is 1.43. The van der Waals surface area contributed by atoms with Crippen molar-refractivity contribution in [3.8, 4) is 0 Å². The highest BCUT2D eigenvalue weighted by Gasteiger charge is 1.96. The lowest BCUT2D eigenvalue weighted by Gasteiger charge is -1.97. The molecule has 1 N–H and O–H groups in total. The van der Waals surface area contributed by atoms with Crippen LogP contribution in [0.25, 0.3) is 0 Å². The van der Waals surface area contributed by atoms with Crippen molar-refractivity contribution in [1.29, 1.82) is 0 Å². The summed E-state index contributed by atoms with van der Waals surface area (Å²) in [5.41, 5.74) is 0.920. The number of aryl methyl sites for hydroxylation is 1. The average molecular weight is 154 g/mol. The van der Waals surface area contributed by atoms with Crippen LogP contribution in [0.2, 0.25) is 0 Å². The fourth-order valence-corrected chi connectivity index (χ4v) is 0.807. The molecule has 1 aromatic heterocycles. The van der Waals surface area contributed by atoms with E-state index in [1.807, 2.05) is 6.92 Å². The van der Waals surface area contributed by atoms with Gasteiger partial charge in [-0.05, 0) is 13.3 Å². The summed E-state index contributed by atoms with van der Waals surface area (Å²) in [6.45, 7) is 5.01. The largest absolute Gasteiger partial charge is 0.432 e. The van der Waals surface area contributed by atoms with Crippen LogP contribution in [0.15, 0.2) is 10.7 Å². The molecule has 0 fully saturated rings. The number of aromatic nitrogens is 1. The fraction of sp³-hybridized carbons (Fsp3) is 0.625. The van der Waals surface area contributed by atoms with E-state index in [0.29, 0.717) is 6.01 Å². The molecule has 1 aromatic rings. The number of hydrogen-bond donors (Lipinski definition) is 1. The van der Waals surface area contributed by atoms with Crippen molar-refractivity contribution in [2.24, 2.45) is 0 Å². The second kappa shape index (κ2) is 4.01. The third kappa shape index (κ3) is 2.62. The molecule has 0 spiro atoms. The van der Waals surface area contributed by atoms with Crippen molar-refractivity contribution < 1.29 is 4.42 Å². The minimum Gasteiger partial charge on any atom is -0.432 e. The molecule has 3 heteroatoms. The lowest BCUT2D eigenvalue weighted by Crippen LogP contribution is -2.00. The Kier molecular flexibility index (Phi) is 2.95. The van der Waals surface area contributed by atoms with E-state index in [0.717, 1.165) is 18.7 Å². The van der Waals surface area contributed by atoms with Crippen LogP contribution in [-0.4, -0.2) is 11.5 Å². The predicted molar refractivity (Wildman–Crippen MR) is 44.6 cm³/mol.